The van der Waals surface area contributed by atoms with E-state index >= 15 is 0 Å². The number of nitrogens with one attached hydrogen (secondary N) is 1. The van der Waals surface area contributed by atoms with Gasteiger partial charge in [-0.15, -0.1) is 9.24 Å². The maximum atomic E-state index is 5.75. The SMILES string of the molecule is CCNC(P)c1ccc(Oc2ccccc2)cc1. The zero-order chi connectivity index (χ0) is 12.8. The van der Waals surface area contributed by atoms with Crippen molar-refractivity contribution in [1.29, 1.82) is 0 Å². The Labute approximate surface area is 111 Å². The molecule has 0 aliphatic rings. The van der Waals surface area contributed by atoms with E-state index in [1.807, 2.05) is 42.5 Å². The molecule has 94 valence electrons. The molecular formula is C15H18NOP. The molecule has 18 heavy (non-hydrogen) atoms. The topological polar surface area (TPSA) is 21.3 Å². The Morgan fingerprint density at radius 2 is 1.61 bits per heavy atom. The summed E-state index contributed by atoms with van der Waals surface area (Å²) in [4.78, 5) is 0. The molecule has 0 heterocycles. The lowest BCUT2D eigenvalue weighted by Crippen LogP contribution is -2.14. The van der Waals surface area contributed by atoms with Gasteiger partial charge in [0.05, 0.1) is 0 Å². The van der Waals surface area contributed by atoms with E-state index in [0.29, 0.717) is 5.78 Å². The van der Waals surface area contributed by atoms with Gasteiger partial charge in [-0.3, -0.25) is 0 Å². The van der Waals surface area contributed by atoms with Crippen LogP contribution < -0.4 is 10.1 Å². The number of hydrogen-bond acceptors (Lipinski definition) is 2. The lowest BCUT2D eigenvalue weighted by molar-refractivity contribution is 0.482. The molecule has 3 heteroatoms. The second-order valence-corrected chi connectivity index (χ2v) is 4.69. The molecule has 0 saturated heterocycles. The first kappa shape index (κ1) is 13.1. The summed E-state index contributed by atoms with van der Waals surface area (Å²) >= 11 is 0. The van der Waals surface area contributed by atoms with Gasteiger partial charge in [-0.1, -0.05) is 37.3 Å². The molecular weight excluding hydrogens is 241 g/mol. The fourth-order valence-corrected chi connectivity index (χ4v) is 2.16. The van der Waals surface area contributed by atoms with E-state index in [4.69, 9.17) is 4.74 Å². The minimum Gasteiger partial charge on any atom is -0.457 e. The normalized spacial score (nSPS) is 12.1. The van der Waals surface area contributed by atoms with Gasteiger partial charge in [0, 0.05) is 5.78 Å². The molecule has 2 aromatic carbocycles. The van der Waals surface area contributed by atoms with E-state index < -0.39 is 0 Å². The predicted molar refractivity (Wildman–Crippen MR) is 79.1 cm³/mol. The van der Waals surface area contributed by atoms with Crippen LogP contribution in [0.15, 0.2) is 54.6 Å². The Hall–Kier alpha value is -1.37. The second-order valence-electron chi connectivity index (χ2n) is 4.02. The van der Waals surface area contributed by atoms with Crippen LogP contribution in [0.4, 0.5) is 0 Å². The number of para-hydroxylation sites is 1. The third-order valence-corrected chi connectivity index (χ3v) is 3.26. The standard InChI is InChI=1S/C15H18NOP/c1-2-16-15(18)12-8-10-14(11-9-12)17-13-6-4-3-5-7-13/h3-11,15-16H,2,18H2,1H3. The first-order valence-electron chi connectivity index (χ1n) is 6.11. The van der Waals surface area contributed by atoms with E-state index in [9.17, 15) is 0 Å². The summed E-state index contributed by atoms with van der Waals surface area (Å²) in [7, 11) is 2.80. The van der Waals surface area contributed by atoms with E-state index in [2.05, 4.69) is 33.6 Å². The summed E-state index contributed by atoms with van der Waals surface area (Å²) in [5.74, 6) is 2.01. The molecule has 0 radical (unpaired) electrons. The van der Waals surface area contributed by atoms with Gasteiger partial charge in [-0.2, -0.15) is 0 Å². The predicted octanol–water partition coefficient (Wildman–Crippen LogP) is 3.96. The number of hydrogen-bond donors (Lipinski definition) is 1. The molecule has 2 rings (SSSR count). The average molecular weight is 259 g/mol. The van der Waals surface area contributed by atoms with Crippen LogP contribution in [0.5, 0.6) is 11.5 Å². The number of rotatable bonds is 5. The third kappa shape index (κ3) is 3.56. The van der Waals surface area contributed by atoms with Crippen molar-refractivity contribution in [3.8, 4) is 11.5 Å². The maximum absolute atomic E-state index is 5.75. The molecule has 0 aliphatic carbocycles. The van der Waals surface area contributed by atoms with Crippen LogP contribution in [0.3, 0.4) is 0 Å². The first-order chi connectivity index (χ1) is 8.79. The van der Waals surface area contributed by atoms with Gasteiger partial charge >= 0.3 is 0 Å². The van der Waals surface area contributed by atoms with Crippen molar-refractivity contribution < 1.29 is 4.74 Å². The lowest BCUT2D eigenvalue weighted by atomic mass is 10.2. The van der Waals surface area contributed by atoms with Crippen LogP contribution in [-0.4, -0.2) is 6.54 Å². The van der Waals surface area contributed by atoms with Gasteiger partial charge < -0.3 is 10.1 Å². The summed E-state index contributed by atoms with van der Waals surface area (Å²) in [6.07, 6.45) is 0. The van der Waals surface area contributed by atoms with Crippen LogP contribution in [-0.2, 0) is 0 Å². The zero-order valence-electron chi connectivity index (χ0n) is 10.5. The van der Waals surface area contributed by atoms with Gasteiger partial charge in [0.1, 0.15) is 11.5 Å². The summed E-state index contributed by atoms with van der Waals surface area (Å²) in [6, 6.07) is 18.0. The largest absolute Gasteiger partial charge is 0.457 e. The molecule has 2 nitrogen and oxygen atoms in total. The van der Waals surface area contributed by atoms with Crippen LogP contribution in [0.25, 0.3) is 0 Å². The van der Waals surface area contributed by atoms with Crippen molar-refractivity contribution >= 4 is 9.24 Å². The van der Waals surface area contributed by atoms with Crippen LogP contribution in [0.2, 0.25) is 0 Å². The van der Waals surface area contributed by atoms with Gasteiger partial charge in [0.25, 0.3) is 0 Å². The average Bonchev–Trinajstić information content (AvgIpc) is 2.41. The van der Waals surface area contributed by atoms with E-state index in [1.165, 1.54) is 5.56 Å². The maximum Gasteiger partial charge on any atom is 0.127 e. The van der Waals surface area contributed by atoms with Crippen LogP contribution in [0.1, 0.15) is 18.3 Å². The number of ether oxygens (including phenoxy) is 1. The molecule has 0 saturated carbocycles. The molecule has 0 bridgehead atoms. The van der Waals surface area contributed by atoms with Gasteiger partial charge in [-0.25, -0.2) is 0 Å². The molecule has 2 atom stereocenters. The summed E-state index contributed by atoms with van der Waals surface area (Å²) in [5, 5.41) is 3.35. The van der Waals surface area contributed by atoms with Crippen molar-refractivity contribution in [1.82, 2.24) is 5.32 Å². The Morgan fingerprint density at radius 3 is 2.22 bits per heavy atom. The highest BCUT2D eigenvalue weighted by Crippen LogP contribution is 2.25. The molecule has 0 fully saturated rings. The van der Waals surface area contributed by atoms with E-state index in [-0.39, 0.29) is 0 Å². The smallest absolute Gasteiger partial charge is 0.127 e. The van der Waals surface area contributed by atoms with Crippen molar-refractivity contribution in [2.24, 2.45) is 0 Å². The van der Waals surface area contributed by atoms with Gasteiger partial charge in [0.15, 0.2) is 0 Å². The fourth-order valence-electron chi connectivity index (χ4n) is 1.71. The number of benzene rings is 2. The molecule has 2 unspecified atom stereocenters. The molecule has 0 aromatic heterocycles. The second kappa shape index (κ2) is 6.53. The Morgan fingerprint density at radius 1 is 1.00 bits per heavy atom. The lowest BCUT2D eigenvalue weighted by Gasteiger charge is -2.13. The van der Waals surface area contributed by atoms with Crippen molar-refractivity contribution in [2.45, 2.75) is 12.7 Å². The van der Waals surface area contributed by atoms with Crippen LogP contribution in [0, 0.1) is 0 Å². The molecule has 1 N–H and O–H groups in total. The van der Waals surface area contributed by atoms with Crippen molar-refractivity contribution in [3.63, 3.8) is 0 Å². The van der Waals surface area contributed by atoms with Gasteiger partial charge in [0.2, 0.25) is 0 Å². The van der Waals surface area contributed by atoms with E-state index in [0.717, 1.165) is 18.0 Å². The van der Waals surface area contributed by atoms with Crippen molar-refractivity contribution in [2.75, 3.05) is 6.54 Å². The Balaban J connectivity index is 2.04. The molecule has 2 aromatic rings. The summed E-state index contributed by atoms with van der Waals surface area (Å²) < 4.78 is 5.75. The Kier molecular flexibility index (Phi) is 4.74. The molecule has 0 aliphatic heterocycles. The fraction of sp³-hybridized carbons (Fsp3) is 0.200. The summed E-state index contributed by atoms with van der Waals surface area (Å²) in [5.41, 5.74) is 1.24. The Bertz CT molecular complexity index is 470. The highest BCUT2D eigenvalue weighted by atomic mass is 31.0. The highest BCUT2D eigenvalue weighted by molar-refractivity contribution is 7.17. The summed E-state index contributed by atoms with van der Waals surface area (Å²) in [6.45, 7) is 3.06. The van der Waals surface area contributed by atoms with E-state index in [1.54, 1.807) is 0 Å². The van der Waals surface area contributed by atoms with Gasteiger partial charge in [-0.05, 0) is 36.4 Å². The van der Waals surface area contributed by atoms with Crippen LogP contribution >= 0.6 is 9.24 Å². The van der Waals surface area contributed by atoms with Crippen molar-refractivity contribution in [3.05, 3.63) is 60.2 Å². The molecule has 0 amide bonds. The first-order valence-corrected chi connectivity index (χ1v) is 6.78. The monoisotopic (exact) mass is 259 g/mol. The third-order valence-electron chi connectivity index (χ3n) is 2.64. The minimum absolute atomic E-state index is 0.292. The minimum atomic E-state index is 0.292. The zero-order valence-corrected chi connectivity index (χ0v) is 11.6. The highest BCUT2D eigenvalue weighted by Gasteiger charge is 2.03. The molecule has 0 spiro atoms. The quantitative estimate of drug-likeness (QED) is 0.820.